The maximum atomic E-state index is 3.32. The number of benzene rings is 1. The van der Waals surface area contributed by atoms with E-state index in [0.29, 0.717) is 6.04 Å². The predicted octanol–water partition coefficient (Wildman–Crippen LogP) is 2.93. The first-order chi connectivity index (χ1) is 7.22. The van der Waals surface area contributed by atoms with Crippen molar-refractivity contribution >= 4 is 5.57 Å². The Hall–Kier alpha value is -1.08. The molecule has 1 atom stereocenters. The molecule has 80 valence electrons. The summed E-state index contributed by atoms with van der Waals surface area (Å²) in [6, 6.07) is 7.25. The van der Waals surface area contributed by atoms with Gasteiger partial charge in [-0.05, 0) is 50.4 Å². The van der Waals surface area contributed by atoms with Gasteiger partial charge in [0.25, 0.3) is 0 Å². The van der Waals surface area contributed by atoms with E-state index in [4.69, 9.17) is 0 Å². The first-order valence-electron chi connectivity index (χ1n) is 5.69. The Balaban J connectivity index is 2.42. The van der Waals surface area contributed by atoms with Crippen molar-refractivity contribution in [3.63, 3.8) is 0 Å². The highest BCUT2D eigenvalue weighted by Crippen LogP contribution is 2.29. The van der Waals surface area contributed by atoms with Gasteiger partial charge in [0, 0.05) is 6.04 Å². The Kier molecular flexibility index (Phi) is 2.92. The maximum Gasteiger partial charge on any atom is 0.0291 e. The minimum absolute atomic E-state index is 0.451. The molecular weight excluding hydrogens is 182 g/mol. The third-order valence-electron chi connectivity index (χ3n) is 3.25. The zero-order chi connectivity index (χ0) is 10.8. The average molecular weight is 201 g/mol. The van der Waals surface area contributed by atoms with Crippen LogP contribution in [0, 0.1) is 6.92 Å². The Bertz CT molecular complexity index is 390. The number of allylic oxidation sites excluding steroid dienone is 1. The first kappa shape index (κ1) is 10.4. The molecule has 0 amide bonds. The summed E-state index contributed by atoms with van der Waals surface area (Å²) in [5.74, 6) is 0. The molecule has 15 heavy (non-hydrogen) atoms. The van der Waals surface area contributed by atoms with Gasteiger partial charge in [-0.25, -0.2) is 0 Å². The molecule has 1 aliphatic rings. The van der Waals surface area contributed by atoms with Crippen molar-refractivity contribution in [2.24, 2.45) is 0 Å². The van der Waals surface area contributed by atoms with E-state index < -0.39 is 0 Å². The molecular formula is C14H19N. The summed E-state index contributed by atoms with van der Waals surface area (Å²) in [5.41, 5.74) is 5.77. The van der Waals surface area contributed by atoms with Gasteiger partial charge >= 0.3 is 0 Å². The second kappa shape index (κ2) is 4.19. The van der Waals surface area contributed by atoms with E-state index in [-0.39, 0.29) is 0 Å². The number of nitrogens with one attached hydrogen (secondary N) is 1. The minimum Gasteiger partial charge on any atom is -0.313 e. The highest BCUT2D eigenvalue weighted by molar-refractivity contribution is 5.73. The molecule has 0 fully saturated rings. The molecule has 1 heteroatoms. The molecule has 1 nitrogen and oxygen atoms in total. The maximum absolute atomic E-state index is 3.32. The fraction of sp³-hybridized carbons (Fsp3) is 0.429. The van der Waals surface area contributed by atoms with E-state index in [9.17, 15) is 0 Å². The van der Waals surface area contributed by atoms with Gasteiger partial charge < -0.3 is 5.32 Å². The van der Waals surface area contributed by atoms with Crippen LogP contribution >= 0.6 is 0 Å². The van der Waals surface area contributed by atoms with Crippen LogP contribution in [0.15, 0.2) is 24.3 Å². The van der Waals surface area contributed by atoms with Crippen LogP contribution in [0.3, 0.4) is 0 Å². The molecule has 0 radical (unpaired) electrons. The number of likely N-dealkylation sites (N-methyl/N-ethyl adjacent to an activating group) is 1. The first-order valence-corrected chi connectivity index (χ1v) is 5.69. The molecule has 0 bridgehead atoms. The molecule has 1 aromatic rings. The van der Waals surface area contributed by atoms with E-state index in [1.54, 1.807) is 0 Å². The molecule has 2 rings (SSSR count). The number of hydrogen-bond acceptors (Lipinski definition) is 1. The van der Waals surface area contributed by atoms with Crippen molar-refractivity contribution in [3.8, 4) is 0 Å². The lowest BCUT2D eigenvalue weighted by Crippen LogP contribution is -2.24. The Labute approximate surface area is 92.2 Å². The van der Waals surface area contributed by atoms with Crippen LogP contribution in [0.5, 0.6) is 0 Å². The van der Waals surface area contributed by atoms with Crippen LogP contribution in [0.25, 0.3) is 5.57 Å². The summed E-state index contributed by atoms with van der Waals surface area (Å²) in [5, 5.41) is 3.32. The second-order valence-electron chi connectivity index (χ2n) is 4.37. The zero-order valence-electron chi connectivity index (χ0n) is 9.80. The SMILES string of the molecule is CNC(C)C1=CCCc2cc(C)ccc21. The Morgan fingerprint density at radius 1 is 1.33 bits per heavy atom. The Morgan fingerprint density at radius 3 is 2.87 bits per heavy atom. The van der Waals surface area contributed by atoms with Crippen molar-refractivity contribution in [3.05, 3.63) is 41.0 Å². The highest BCUT2D eigenvalue weighted by atomic mass is 14.9. The lowest BCUT2D eigenvalue weighted by atomic mass is 9.86. The van der Waals surface area contributed by atoms with Crippen molar-refractivity contribution in [1.29, 1.82) is 0 Å². The van der Waals surface area contributed by atoms with Gasteiger partial charge in [0.05, 0.1) is 0 Å². The van der Waals surface area contributed by atoms with Gasteiger partial charge in [-0.3, -0.25) is 0 Å². The third-order valence-corrected chi connectivity index (χ3v) is 3.25. The lowest BCUT2D eigenvalue weighted by molar-refractivity contribution is 0.736. The fourth-order valence-electron chi connectivity index (χ4n) is 2.27. The van der Waals surface area contributed by atoms with Crippen molar-refractivity contribution in [2.75, 3.05) is 7.05 Å². The summed E-state index contributed by atoms with van der Waals surface area (Å²) < 4.78 is 0. The van der Waals surface area contributed by atoms with Crippen LogP contribution in [0.1, 0.15) is 30.0 Å². The monoisotopic (exact) mass is 201 g/mol. The summed E-state index contributed by atoms with van der Waals surface area (Å²) in [6.07, 6.45) is 4.74. The average Bonchev–Trinajstić information content (AvgIpc) is 2.26. The molecule has 1 aliphatic carbocycles. The van der Waals surface area contributed by atoms with Crippen LogP contribution in [0.4, 0.5) is 0 Å². The molecule has 1 aromatic carbocycles. The van der Waals surface area contributed by atoms with Crippen LogP contribution in [-0.4, -0.2) is 13.1 Å². The van der Waals surface area contributed by atoms with E-state index in [0.717, 1.165) is 0 Å². The summed E-state index contributed by atoms with van der Waals surface area (Å²) >= 11 is 0. The van der Waals surface area contributed by atoms with Gasteiger partial charge in [0.2, 0.25) is 0 Å². The normalized spacial score (nSPS) is 16.9. The van der Waals surface area contributed by atoms with Crippen LogP contribution < -0.4 is 5.32 Å². The molecule has 0 spiro atoms. The summed E-state index contributed by atoms with van der Waals surface area (Å²) in [4.78, 5) is 0. The third kappa shape index (κ3) is 1.98. The molecule has 0 saturated heterocycles. The van der Waals surface area contributed by atoms with Gasteiger partial charge in [-0.15, -0.1) is 0 Å². The quantitative estimate of drug-likeness (QED) is 0.775. The molecule has 0 heterocycles. The van der Waals surface area contributed by atoms with Gasteiger partial charge in [0.1, 0.15) is 0 Å². The molecule has 0 aliphatic heterocycles. The Morgan fingerprint density at radius 2 is 2.13 bits per heavy atom. The van der Waals surface area contributed by atoms with E-state index in [1.165, 1.54) is 35.1 Å². The van der Waals surface area contributed by atoms with E-state index in [1.807, 2.05) is 7.05 Å². The number of aryl methyl sites for hydroxylation is 2. The zero-order valence-corrected chi connectivity index (χ0v) is 9.80. The van der Waals surface area contributed by atoms with Crippen molar-refractivity contribution in [1.82, 2.24) is 5.32 Å². The smallest absolute Gasteiger partial charge is 0.0291 e. The van der Waals surface area contributed by atoms with Crippen LogP contribution in [-0.2, 0) is 6.42 Å². The number of rotatable bonds is 2. The fourth-order valence-corrected chi connectivity index (χ4v) is 2.27. The van der Waals surface area contributed by atoms with Gasteiger partial charge in [0.15, 0.2) is 0 Å². The van der Waals surface area contributed by atoms with Crippen LogP contribution in [0.2, 0.25) is 0 Å². The number of hydrogen-bond donors (Lipinski definition) is 1. The number of fused-ring (bicyclic) bond motifs is 1. The van der Waals surface area contributed by atoms with Gasteiger partial charge in [-0.1, -0.05) is 29.8 Å². The predicted molar refractivity (Wildman–Crippen MR) is 66.0 cm³/mol. The standard InChI is InChI=1S/C14H19N/c1-10-7-8-14-12(9-10)5-4-6-13(14)11(2)15-3/h6-9,11,15H,4-5H2,1-3H3. The van der Waals surface area contributed by atoms with Crippen molar-refractivity contribution in [2.45, 2.75) is 32.7 Å². The molecule has 1 unspecified atom stereocenters. The van der Waals surface area contributed by atoms with E-state index >= 15 is 0 Å². The molecule has 0 saturated carbocycles. The molecule has 1 N–H and O–H groups in total. The van der Waals surface area contributed by atoms with Gasteiger partial charge in [-0.2, -0.15) is 0 Å². The minimum atomic E-state index is 0.451. The molecule has 0 aromatic heterocycles. The lowest BCUT2D eigenvalue weighted by Gasteiger charge is -2.23. The largest absolute Gasteiger partial charge is 0.313 e. The van der Waals surface area contributed by atoms with E-state index in [2.05, 4.69) is 43.4 Å². The highest BCUT2D eigenvalue weighted by Gasteiger charge is 2.16. The summed E-state index contributed by atoms with van der Waals surface area (Å²) in [7, 11) is 2.02. The van der Waals surface area contributed by atoms with Crippen molar-refractivity contribution < 1.29 is 0 Å². The second-order valence-corrected chi connectivity index (χ2v) is 4.37. The summed E-state index contributed by atoms with van der Waals surface area (Å²) in [6.45, 7) is 4.39. The topological polar surface area (TPSA) is 12.0 Å².